The summed E-state index contributed by atoms with van der Waals surface area (Å²) in [6.07, 6.45) is 1.25. The number of carbonyl (C=O) groups excluding carboxylic acids is 1. The van der Waals surface area contributed by atoms with Crippen LogP contribution in [0.3, 0.4) is 0 Å². The minimum Gasteiger partial charge on any atom is -0.462 e. The number of nitrogens with zero attached hydrogens (tertiary/aromatic N) is 2. The summed E-state index contributed by atoms with van der Waals surface area (Å²) in [5.41, 5.74) is 0.782. The Bertz CT molecular complexity index is 452. The molecule has 1 atom stereocenters. The van der Waals surface area contributed by atoms with Crippen LogP contribution in [-0.2, 0) is 15.4 Å². The molecule has 0 aromatic carbocycles. The number of aromatic nitrogens is 2. The first-order valence-electron chi connectivity index (χ1n) is 6.75. The van der Waals surface area contributed by atoms with Gasteiger partial charge in [0.15, 0.2) is 5.82 Å². The second-order valence-electron chi connectivity index (χ2n) is 4.56. The molecule has 1 rings (SSSR count). The van der Waals surface area contributed by atoms with Gasteiger partial charge in [0.1, 0.15) is 11.7 Å². The quantitative estimate of drug-likeness (QED) is 0.572. The van der Waals surface area contributed by atoms with E-state index in [0.717, 1.165) is 0 Å². The van der Waals surface area contributed by atoms with Gasteiger partial charge >= 0.3 is 5.97 Å². The van der Waals surface area contributed by atoms with Crippen LogP contribution in [0.1, 0.15) is 55.7 Å². The number of hydrogen-bond acceptors (Lipinski definition) is 5. The van der Waals surface area contributed by atoms with E-state index in [2.05, 4.69) is 9.97 Å². The van der Waals surface area contributed by atoms with Crippen molar-refractivity contribution in [3.05, 3.63) is 23.3 Å². The van der Waals surface area contributed by atoms with Crippen LogP contribution >= 0.6 is 11.6 Å². The van der Waals surface area contributed by atoms with E-state index in [1.54, 1.807) is 6.92 Å². The Labute approximate surface area is 124 Å². The smallest absolute Gasteiger partial charge is 0.341 e. The van der Waals surface area contributed by atoms with Crippen LogP contribution in [0.25, 0.3) is 0 Å². The standard InChI is InChI=1S/C14H21ClN2O3/c1-5-19-12(9(3)4)13-16-8-10(11(7-15)17-13)14(18)20-6-2/h8-9,12H,5-7H2,1-4H3. The minimum atomic E-state index is -0.452. The van der Waals surface area contributed by atoms with Crippen LogP contribution in [0.5, 0.6) is 0 Å². The van der Waals surface area contributed by atoms with Gasteiger partial charge in [-0.25, -0.2) is 14.8 Å². The van der Waals surface area contributed by atoms with Crippen molar-refractivity contribution in [2.24, 2.45) is 5.92 Å². The first kappa shape index (κ1) is 16.9. The van der Waals surface area contributed by atoms with Crippen LogP contribution < -0.4 is 0 Å². The molecule has 0 saturated heterocycles. The predicted molar refractivity (Wildman–Crippen MR) is 76.8 cm³/mol. The summed E-state index contributed by atoms with van der Waals surface area (Å²) in [6, 6.07) is 0. The Morgan fingerprint density at radius 2 is 2.05 bits per heavy atom. The fourth-order valence-corrected chi connectivity index (χ4v) is 2.00. The summed E-state index contributed by atoms with van der Waals surface area (Å²) in [5.74, 6) is 0.449. The van der Waals surface area contributed by atoms with Gasteiger partial charge in [-0.3, -0.25) is 0 Å². The van der Waals surface area contributed by atoms with Crippen molar-refractivity contribution in [3.63, 3.8) is 0 Å². The number of alkyl halides is 1. The summed E-state index contributed by atoms with van der Waals surface area (Å²) in [7, 11) is 0. The summed E-state index contributed by atoms with van der Waals surface area (Å²) in [6.45, 7) is 8.60. The molecule has 112 valence electrons. The minimum absolute atomic E-state index is 0.126. The van der Waals surface area contributed by atoms with E-state index in [1.165, 1.54) is 6.20 Å². The van der Waals surface area contributed by atoms with E-state index in [-0.39, 0.29) is 17.9 Å². The third kappa shape index (κ3) is 4.15. The highest BCUT2D eigenvalue weighted by Crippen LogP contribution is 2.24. The molecule has 20 heavy (non-hydrogen) atoms. The average molecular weight is 301 g/mol. The van der Waals surface area contributed by atoms with Gasteiger partial charge < -0.3 is 9.47 Å². The lowest BCUT2D eigenvalue weighted by molar-refractivity contribution is 0.0229. The van der Waals surface area contributed by atoms with Crippen molar-refractivity contribution in [3.8, 4) is 0 Å². The van der Waals surface area contributed by atoms with E-state index in [0.29, 0.717) is 30.3 Å². The first-order valence-corrected chi connectivity index (χ1v) is 7.29. The maximum Gasteiger partial charge on any atom is 0.341 e. The van der Waals surface area contributed by atoms with Crippen molar-refractivity contribution in [1.82, 2.24) is 9.97 Å². The third-order valence-corrected chi connectivity index (χ3v) is 2.97. The van der Waals surface area contributed by atoms with Gasteiger partial charge in [-0.05, 0) is 19.8 Å². The first-order chi connectivity index (χ1) is 9.54. The monoisotopic (exact) mass is 300 g/mol. The molecule has 0 aliphatic rings. The number of esters is 1. The van der Waals surface area contributed by atoms with Gasteiger partial charge in [-0.2, -0.15) is 0 Å². The molecule has 1 unspecified atom stereocenters. The number of hydrogen-bond donors (Lipinski definition) is 0. The summed E-state index contributed by atoms with van der Waals surface area (Å²) in [5, 5.41) is 0. The molecular weight excluding hydrogens is 280 g/mol. The lowest BCUT2D eigenvalue weighted by atomic mass is 10.1. The Balaban J connectivity index is 3.10. The zero-order valence-corrected chi connectivity index (χ0v) is 13.1. The van der Waals surface area contributed by atoms with E-state index < -0.39 is 5.97 Å². The molecule has 0 aliphatic heterocycles. The van der Waals surface area contributed by atoms with Crippen LogP contribution in [0, 0.1) is 5.92 Å². The summed E-state index contributed by atoms with van der Waals surface area (Å²) in [4.78, 5) is 20.4. The molecule has 0 amide bonds. The highest BCUT2D eigenvalue weighted by molar-refractivity contribution is 6.17. The Hall–Kier alpha value is -1.20. The predicted octanol–water partition coefficient (Wildman–Crippen LogP) is 3.13. The fourth-order valence-electron chi connectivity index (χ4n) is 1.80. The molecule has 1 heterocycles. The zero-order chi connectivity index (χ0) is 15.1. The summed E-state index contributed by atoms with van der Waals surface area (Å²) >= 11 is 5.87. The van der Waals surface area contributed by atoms with Gasteiger partial charge in [0, 0.05) is 12.8 Å². The third-order valence-electron chi connectivity index (χ3n) is 2.71. The molecule has 0 bridgehead atoms. The molecule has 6 heteroatoms. The number of carbonyl (C=O) groups is 1. The Kier molecular flexibility index (Phi) is 6.88. The maximum absolute atomic E-state index is 11.8. The Morgan fingerprint density at radius 3 is 2.55 bits per heavy atom. The van der Waals surface area contributed by atoms with Crippen LogP contribution in [0.2, 0.25) is 0 Å². The van der Waals surface area contributed by atoms with E-state index in [9.17, 15) is 4.79 Å². The van der Waals surface area contributed by atoms with Gasteiger partial charge in [0.25, 0.3) is 0 Å². The molecule has 0 aliphatic carbocycles. The van der Waals surface area contributed by atoms with E-state index in [1.807, 2.05) is 20.8 Å². The maximum atomic E-state index is 11.8. The van der Waals surface area contributed by atoms with E-state index >= 15 is 0 Å². The molecule has 0 fully saturated rings. The second-order valence-corrected chi connectivity index (χ2v) is 4.83. The summed E-state index contributed by atoms with van der Waals surface area (Å²) < 4.78 is 10.6. The molecule has 1 aromatic heterocycles. The average Bonchev–Trinajstić information content (AvgIpc) is 2.44. The number of rotatable bonds is 7. The van der Waals surface area contributed by atoms with Crippen molar-refractivity contribution in [1.29, 1.82) is 0 Å². The molecule has 5 nitrogen and oxygen atoms in total. The largest absolute Gasteiger partial charge is 0.462 e. The van der Waals surface area contributed by atoms with Crippen LogP contribution in [0.4, 0.5) is 0 Å². The van der Waals surface area contributed by atoms with Crippen molar-refractivity contribution in [2.75, 3.05) is 13.2 Å². The molecular formula is C14H21ClN2O3. The van der Waals surface area contributed by atoms with Gasteiger partial charge in [-0.15, -0.1) is 11.6 Å². The molecule has 0 saturated carbocycles. The topological polar surface area (TPSA) is 61.3 Å². The SMILES string of the molecule is CCOC(=O)c1cnc(C(OCC)C(C)C)nc1CCl. The molecule has 0 radical (unpaired) electrons. The van der Waals surface area contributed by atoms with Gasteiger partial charge in [0.05, 0.1) is 18.2 Å². The fraction of sp³-hybridized carbons (Fsp3) is 0.643. The van der Waals surface area contributed by atoms with E-state index in [4.69, 9.17) is 21.1 Å². The van der Waals surface area contributed by atoms with Crippen molar-refractivity contribution in [2.45, 2.75) is 39.7 Å². The van der Waals surface area contributed by atoms with Gasteiger partial charge in [-0.1, -0.05) is 13.8 Å². The number of ether oxygens (including phenoxy) is 2. The van der Waals surface area contributed by atoms with Crippen LogP contribution in [0.15, 0.2) is 6.20 Å². The highest BCUT2D eigenvalue weighted by Gasteiger charge is 2.22. The van der Waals surface area contributed by atoms with Gasteiger partial charge in [0.2, 0.25) is 0 Å². The number of halogens is 1. The normalized spacial score (nSPS) is 12.5. The van der Waals surface area contributed by atoms with Crippen LogP contribution in [-0.4, -0.2) is 29.2 Å². The lowest BCUT2D eigenvalue weighted by Gasteiger charge is -2.20. The van der Waals surface area contributed by atoms with Crippen molar-refractivity contribution >= 4 is 17.6 Å². The highest BCUT2D eigenvalue weighted by atomic mass is 35.5. The Morgan fingerprint density at radius 1 is 1.35 bits per heavy atom. The molecule has 1 aromatic rings. The lowest BCUT2D eigenvalue weighted by Crippen LogP contribution is -2.18. The second kappa shape index (κ2) is 8.17. The molecule has 0 spiro atoms. The molecule has 0 N–H and O–H groups in total. The zero-order valence-electron chi connectivity index (χ0n) is 12.4. The van der Waals surface area contributed by atoms with Crippen molar-refractivity contribution < 1.29 is 14.3 Å².